The lowest BCUT2D eigenvalue weighted by Crippen LogP contribution is -2.58. The Kier molecular flexibility index (Phi) is 4.52. The van der Waals surface area contributed by atoms with E-state index in [2.05, 4.69) is 4.74 Å². The summed E-state index contributed by atoms with van der Waals surface area (Å²) in [5.74, 6) is 0.479. The molecular formula is C12H18N2O4. The van der Waals surface area contributed by atoms with Gasteiger partial charge in [-0.15, -0.1) is 0 Å². The molecule has 4 N–H and O–H groups in total. The van der Waals surface area contributed by atoms with E-state index in [9.17, 15) is 4.79 Å². The lowest BCUT2D eigenvalue weighted by atomic mass is 10.0. The van der Waals surface area contributed by atoms with Gasteiger partial charge in [-0.25, -0.2) is 4.79 Å². The van der Waals surface area contributed by atoms with Crippen LogP contribution in [0.1, 0.15) is 5.56 Å². The molecule has 6 nitrogen and oxygen atoms in total. The summed E-state index contributed by atoms with van der Waals surface area (Å²) in [5.41, 5.74) is 10.6. The van der Waals surface area contributed by atoms with Crippen LogP contribution in [0.4, 0.5) is 0 Å². The number of ether oxygens (including phenoxy) is 3. The summed E-state index contributed by atoms with van der Waals surface area (Å²) in [7, 11) is 4.31. The van der Waals surface area contributed by atoms with Gasteiger partial charge in [0.05, 0.1) is 21.3 Å². The molecule has 100 valence electrons. The highest BCUT2D eigenvalue weighted by molar-refractivity contribution is 5.80. The first kappa shape index (κ1) is 14.3. The molecule has 0 aliphatic heterocycles. The molecule has 0 saturated carbocycles. The second kappa shape index (κ2) is 5.70. The molecule has 0 aromatic heterocycles. The Labute approximate surface area is 106 Å². The van der Waals surface area contributed by atoms with Crippen LogP contribution in [-0.4, -0.2) is 33.0 Å². The van der Waals surface area contributed by atoms with Crippen molar-refractivity contribution >= 4 is 5.97 Å². The third kappa shape index (κ3) is 3.12. The molecule has 0 spiro atoms. The summed E-state index contributed by atoms with van der Waals surface area (Å²) in [6.07, 6.45) is 0.139. The van der Waals surface area contributed by atoms with E-state index in [1.165, 1.54) is 14.2 Å². The highest BCUT2D eigenvalue weighted by atomic mass is 16.5. The van der Waals surface area contributed by atoms with Crippen molar-refractivity contribution in [3.05, 3.63) is 23.8 Å². The van der Waals surface area contributed by atoms with Crippen LogP contribution in [0.15, 0.2) is 18.2 Å². The topological polar surface area (TPSA) is 96.8 Å². The maximum absolute atomic E-state index is 11.4. The fourth-order valence-corrected chi connectivity index (χ4v) is 1.59. The quantitative estimate of drug-likeness (QED) is 0.568. The van der Waals surface area contributed by atoms with Gasteiger partial charge in [-0.05, 0) is 17.7 Å². The molecule has 0 aliphatic carbocycles. The smallest absolute Gasteiger partial charge is 0.340 e. The average Bonchev–Trinajstić information content (AvgIpc) is 2.36. The first-order valence-electron chi connectivity index (χ1n) is 5.31. The van der Waals surface area contributed by atoms with Gasteiger partial charge >= 0.3 is 5.97 Å². The zero-order valence-corrected chi connectivity index (χ0v) is 10.7. The molecular weight excluding hydrogens is 236 g/mol. The molecule has 0 saturated heterocycles. The Morgan fingerprint density at radius 3 is 2.28 bits per heavy atom. The number of hydrogen-bond donors (Lipinski definition) is 2. The van der Waals surface area contributed by atoms with Crippen LogP contribution in [0.5, 0.6) is 11.5 Å². The zero-order valence-electron chi connectivity index (χ0n) is 10.7. The van der Waals surface area contributed by atoms with Crippen LogP contribution in [0.3, 0.4) is 0 Å². The van der Waals surface area contributed by atoms with Crippen LogP contribution in [-0.2, 0) is 16.0 Å². The van der Waals surface area contributed by atoms with Crippen LogP contribution in [0.2, 0.25) is 0 Å². The number of esters is 1. The van der Waals surface area contributed by atoms with Crippen molar-refractivity contribution < 1.29 is 19.0 Å². The average molecular weight is 254 g/mol. The van der Waals surface area contributed by atoms with Crippen molar-refractivity contribution in [2.75, 3.05) is 21.3 Å². The largest absolute Gasteiger partial charge is 0.493 e. The Morgan fingerprint density at radius 2 is 1.78 bits per heavy atom. The van der Waals surface area contributed by atoms with Crippen molar-refractivity contribution in [1.82, 2.24) is 0 Å². The normalized spacial score (nSPS) is 10.9. The molecule has 1 aromatic carbocycles. The molecule has 1 aromatic rings. The number of rotatable bonds is 5. The molecule has 0 radical (unpaired) electrons. The Bertz CT molecular complexity index is 432. The van der Waals surface area contributed by atoms with Crippen molar-refractivity contribution in [2.45, 2.75) is 12.1 Å². The van der Waals surface area contributed by atoms with Crippen LogP contribution >= 0.6 is 0 Å². The molecule has 0 atom stereocenters. The maximum atomic E-state index is 11.4. The fraction of sp³-hybridized carbons (Fsp3) is 0.417. The predicted molar refractivity (Wildman–Crippen MR) is 66.4 cm³/mol. The number of nitrogens with two attached hydrogens (primary N) is 2. The van der Waals surface area contributed by atoms with Crippen LogP contribution in [0.25, 0.3) is 0 Å². The van der Waals surface area contributed by atoms with Crippen molar-refractivity contribution in [3.8, 4) is 11.5 Å². The SMILES string of the molecule is COC(=O)C(N)(N)Cc1ccc(OC)c(OC)c1. The summed E-state index contributed by atoms with van der Waals surface area (Å²) in [6, 6.07) is 5.20. The van der Waals surface area contributed by atoms with E-state index < -0.39 is 11.6 Å². The second-order valence-corrected chi connectivity index (χ2v) is 3.90. The Balaban J connectivity index is 2.95. The zero-order chi connectivity index (χ0) is 13.8. The highest BCUT2D eigenvalue weighted by Crippen LogP contribution is 2.28. The fourth-order valence-electron chi connectivity index (χ4n) is 1.59. The summed E-state index contributed by atoms with van der Waals surface area (Å²) in [6.45, 7) is 0. The van der Waals surface area contributed by atoms with Gasteiger partial charge in [-0.1, -0.05) is 6.07 Å². The van der Waals surface area contributed by atoms with Gasteiger partial charge in [0, 0.05) is 6.42 Å². The Hall–Kier alpha value is -1.79. The van der Waals surface area contributed by atoms with E-state index in [-0.39, 0.29) is 6.42 Å². The number of methoxy groups -OCH3 is 3. The van der Waals surface area contributed by atoms with Gasteiger partial charge < -0.3 is 25.7 Å². The minimum absolute atomic E-state index is 0.139. The predicted octanol–water partition coefficient (Wildman–Crippen LogP) is 0.0330. The van der Waals surface area contributed by atoms with Gasteiger partial charge in [0.25, 0.3) is 0 Å². The molecule has 1 rings (SSSR count). The first-order chi connectivity index (χ1) is 8.44. The van der Waals surface area contributed by atoms with Crippen molar-refractivity contribution in [1.29, 1.82) is 0 Å². The highest BCUT2D eigenvalue weighted by Gasteiger charge is 2.30. The molecule has 18 heavy (non-hydrogen) atoms. The third-order valence-electron chi connectivity index (χ3n) is 2.51. The van der Waals surface area contributed by atoms with E-state index in [1.54, 1.807) is 25.3 Å². The molecule has 0 amide bonds. The maximum Gasteiger partial charge on any atom is 0.340 e. The summed E-state index contributed by atoms with van der Waals surface area (Å²) < 4.78 is 14.8. The Morgan fingerprint density at radius 1 is 1.17 bits per heavy atom. The first-order valence-corrected chi connectivity index (χ1v) is 5.31. The standard InChI is InChI=1S/C12H18N2O4/c1-16-9-5-4-8(6-10(9)17-2)7-12(13,14)11(15)18-3/h4-6H,7,13-14H2,1-3H3. The monoisotopic (exact) mass is 254 g/mol. The summed E-state index contributed by atoms with van der Waals surface area (Å²) in [5, 5.41) is 0. The van der Waals surface area contributed by atoms with E-state index in [0.29, 0.717) is 11.5 Å². The third-order valence-corrected chi connectivity index (χ3v) is 2.51. The molecule has 6 heteroatoms. The van der Waals surface area contributed by atoms with Gasteiger partial charge in [-0.2, -0.15) is 0 Å². The second-order valence-electron chi connectivity index (χ2n) is 3.90. The number of carbonyl (C=O) groups is 1. The molecule has 0 unspecified atom stereocenters. The van der Waals surface area contributed by atoms with Crippen LogP contribution in [0, 0.1) is 0 Å². The molecule has 0 fully saturated rings. The van der Waals surface area contributed by atoms with Gasteiger partial charge in [0.1, 0.15) is 0 Å². The number of carbonyl (C=O) groups excluding carboxylic acids is 1. The number of hydrogen-bond acceptors (Lipinski definition) is 6. The van der Waals surface area contributed by atoms with Gasteiger partial charge in [0.2, 0.25) is 0 Å². The van der Waals surface area contributed by atoms with Gasteiger partial charge in [0.15, 0.2) is 17.2 Å². The van der Waals surface area contributed by atoms with E-state index >= 15 is 0 Å². The van der Waals surface area contributed by atoms with Crippen LogP contribution < -0.4 is 20.9 Å². The molecule has 0 aliphatic rings. The molecule has 0 heterocycles. The van der Waals surface area contributed by atoms with E-state index in [0.717, 1.165) is 5.56 Å². The lowest BCUT2D eigenvalue weighted by Gasteiger charge is -2.21. The molecule has 0 bridgehead atoms. The summed E-state index contributed by atoms with van der Waals surface area (Å²) in [4.78, 5) is 11.4. The van der Waals surface area contributed by atoms with Crippen molar-refractivity contribution in [3.63, 3.8) is 0 Å². The lowest BCUT2D eigenvalue weighted by molar-refractivity contribution is -0.146. The van der Waals surface area contributed by atoms with Crippen molar-refractivity contribution in [2.24, 2.45) is 11.5 Å². The minimum atomic E-state index is -1.56. The van der Waals surface area contributed by atoms with Gasteiger partial charge in [-0.3, -0.25) is 0 Å². The van der Waals surface area contributed by atoms with E-state index in [1.807, 2.05) is 0 Å². The number of benzene rings is 1. The van der Waals surface area contributed by atoms with E-state index in [4.69, 9.17) is 20.9 Å². The summed E-state index contributed by atoms with van der Waals surface area (Å²) >= 11 is 0. The minimum Gasteiger partial charge on any atom is -0.493 e.